The number of rotatable bonds is 2. The molecule has 142 valence electrons. The second kappa shape index (κ2) is 6.42. The highest BCUT2D eigenvalue weighted by Crippen LogP contribution is 2.20. The van der Waals surface area contributed by atoms with Gasteiger partial charge in [0.2, 0.25) is 0 Å². The fourth-order valence-corrected chi connectivity index (χ4v) is 3.74. The van der Waals surface area contributed by atoms with E-state index in [2.05, 4.69) is 25.3 Å². The molecule has 1 aliphatic heterocycles. The maximum atomic E-state index is 13.2. The standard InChI is InChI=1S/C20H21N7O/c1-13-9-18(24-27-11-14(2)23-19(13)27)26-12-22-17-4-3-15(10-16(17)20(26)28)25-7-5-21-6-8-25/h3-4,9-12,21H,5-8H2,1-2H3. The highest BCUT2D eigenvalue weighted by molar-refractivity contribution is 5.82. The Labute approximate surface area is 161 Å². The molecule has 1 saturated heterocycles. The molecule has 4 aromatic rings. The summed E-state index contributed by atoms with van der Waals surface area (Å²) >= 11 is 0. The summed E-state index contributed by atoms with van der Waals surface area (Å²) < 4.78 is 3.22. The Morgan fingerprint density at radius 2 is 1.93 bits per heavy atom. The Balaban J connectivity index is 1.65. The van der Waals surface area contributed by atoms with Gasteiger partial charge in [-0.05, 0) is 43.7 Å². The number of anilines is 1. The van der Waals surface area contributed by atoms with Crippen molar-refractivity contribution in [3.8, 4) is 5.82 Å². The van der Waals surface area contributed by atoms with Gasteiger partial charge in [-0.1, -0.05) is 0 Å². The van der Waals surface area contributed by atoms with Gasteiger partial charge in [-0.25, -0.2) is 19.1 Å². The molecule has 1 aliphatic rings. The lowest BCUT2D eigenvalue weighted by atomic mass is 10.2. The zero-order chi connectivity index (χ0) is 19.3. The van der Waals surface area contributed by atoms with E-state index in [1.165, 1.54) is 4.57 Å². The van der Waals surface area contributed by atoms with Gasteiger partial charge in [0.15, 0.2) is 11.5 Å². The molecule has 8 nitrogen and oxygen atoms in total. The quantitative estimate of drug-likeness (QED) is 0.571. The first-order valence-corrected chi connectivity index (χ1v) is 9.41. The number of aryl methyl sites for hydroxylation is 2. The molecule has 0 atom stereocenters. The highest BCUT2D eigenvalue weighted by Gasteiger charge is 2.14. The lowest BCUT2D eigenvalue weighted by Crippen LogP contribution is -2.43. The van der Waals surface area contributed by atoms with Crippen molar-refractivity contribution in [2.45, 2.75) is 13.8 Å². The third-order valence-corrected chi connectivity index (χ3v) is 5.19. The maximum absolute atomic E-state index is 13.2. The Hall–Kier alpha value is -3.26. The van der Waals surface area contributed by atoms with Crippen LogP contribution in [-0.4, -0.2) is 50.3 Å². The first-order chi connectivity index (χ1) is 13.6. The Morgan fingerprint density at radius 3 is 2.75 bits per heavy atom. The summed E-state index contributed by atoms with van der Waals surface area (Å²) in [4.78, 5) is 24.5. The third kappa shape index (κ3) is 2.73. The van der Waals surface area contributed by atoms with Gasteiger partial charge >= 0.3 is 0 Å². The molecule has 3 aromatic heterocycles. The molecular weight excluding hydrogens is 354 g/mol. The number of hydrogen-bond acceptors (Lipinski definition) is 6. The summed E-state index contributed by atoms with van der Waals surface area (Å²) in [6.45, 7) is 7.64. The normalized spacial score (nSPS) is 14.9. The number of nitrogens with one attached hydrogen (secondary N) is 1. The van der Waals surface area contributed by atoms with Crippen LogP contribution in [0.15, 0.2) is 41.6 Å². The zero-order valence-electron chi connectivity index (χ0n) is 15.9. The van der Waals surface area contributed by atoms with Crippen LogP contribution >= 0.6 is 0 Å². The van der Waals surface area contributed by atoms with Crippen LogP contribution in [0.1, 0.15) is 11.3 Å². The summed E-state index contributed by atoms with van der Waals surface area (Å²) in [6.07, 6.45) is 3.40. The van der Waals surface area contributed by atoms with Crippen LogP contribution in [0.5, 0.6) is 0 Å². The van der Waals surface area contributed by atoms with Gasteiger partial charge < -0.3 is 10.2 Å². The van der Waals surface area contributed by atoms with E-state index in [0.29, 0.717) is 16.7 Å². The van der Waals surface area contributed by atoms with Crippen molar-refractivity contribution < 1.29 is 0 Å². The van der Waals surface area contributed by atoms with Gasteiger partial charge in [0.1, 0.15) is 6.33 Å². The van der Waals surface area contributed by atoms with Crippen molar-refractivity contribution in [3.05, 3.63) is 58.4 Å². The van der Waals surface area contributed by atoms with Crippen LogP contribution in [0.25, 0.3) is 22.4 Å². The van der Waals surface area contributed by atoms with Gasteiger partial charge in [-0.3, -0.25) is 4.79 Å². The van der Waals surface area contributed by atoms with Crippen LogP contribution in [0.2, 0.25) is 0 Å². The molecule has 1 aromatic carbocycles. The van der Waals surface area contributed by atoms with E-state index in [0.717, 1.165) is 48.8 Å². The van der Waals surface area contributed by atoms with Crippen molar-refractivity contribution in [3.63, 3.8) is 0 Å². The molecule has 1 N–H and O–H groups in total. The number of hydrogen-bond donors (Lipinski definition) is 1. The summed E-state index contributed by atoms with van der Waals surface area (Å²) in [5.74, 6) is 0.536. The topological polar surface area (TPSA) is 80.4 Å². The van der Waals surface area contributed by atoms with E-state index < -0.39 is 0 Å². The number of piperazine rings is 1. The SMILES string of the molecule is Cc1cn2nc(-n3cnc4ccc(N5CCNCC5)cc4c3=O)cc(C)c2n1. The number of fused-ring (bicyclic) bond motifs is 2. The smallest absolute Gasteiger partial charge is 0.267 e. The molecule has 0 radical (unpaired) electrons. The van der Waals surface area contributed by atoms with Gasteiger partial charge in [-0.2, -0.15) is 0 Å². The van der Waals surface area contributed by atoms with Crippen molar-refractivity contribution in [1.82, 2.24) is 29.5 Å². The molecular formula is C20H21N7O. The number of nitrogens with zero attached hydrogens (tertiary/aromatic N) is 6. The second-order valence-electron chi connectivity index (χ2n) is 7.19. The largest absolute Gasteiger partial charge is 0.369 e. The van der Waals surface area contributed by atoms with Crippen molar-refractivity contribution in [2.75, 3.05) is 31.1 Å². The van der Waals surface area contributed by atoms with Crippen LogP contribution in [0.4, 0.5) is 5.69 Å². The molecule has 1 fully saturated rings. The fourth-order valence-electron chi connectivity index (χ4n) is 3.74. The minimum atomic E-state index is -0.120. The number of benzene rings is 1. The first kappa shape index (κ1) is 16.9. The molecule has 0 bridgehead atoms. The maximum Gasteiger partial charge on any atom is 0.267 e. The lowest BCUT2D eigenvalue weighted by Gasteiger charge is -2.29. The van der Waals surface area contributed by atoms with Gasteiger partial charge in [0.05, 0.1) is 22.8 Å². The van der Waals surface area contributed by atoms with E-state index in [-0.39, 0.29) is 5.56 Å². The molecule has 5 rings (SSSR count). The summed E-state index contributed by atoms with van der Waals surface area (Å²) in [5, 5.41) is 8.51. The van der Waals surface area contributed by atoms with Crippen molar-refractivity contribution >= 4 is 22.2 Å². The van der Waals surface area contributed by atoms with Crippen LogP contribution < -0.4 is 15.8 Å². The average molecular weight is 375 g/mol. The van der Waals surface area contributed by atoms with Crippen LogP contribution in [-0.2, 0) is 0 Å². The van der Waals surface area contributed by atoms with Crippen LogP contribution in [0, 0.1) is 13.8 Å². The Kier molecular flexibility index (Phi) is 3.87. The summed E-state index contributed by atoms with van der Waals surface area (Å²) in [7, 11) is 0. The minimum Gasteiger partial charge on any atom is -0.369 e. The van der Waals surface area contributed by atoms with Crippen LogP contribution in [0.3, 0.4) is 0 Å². The van der Waals surface area contributed by atoms with E-state index in [4.69, 9.17) is 0 Å². The molecule has 8 heteroatoms. The molecule has 28 heavy (non-hydrogen) atoms. The van der Waals surface area contributed by atoms with Gasteiger partial charge in [0.25, 0.3) is 5.56 Å². The van der Waals surface area contributed by atoms with E-state index >= 15 is 0 Å². The molecule has 0 saturated carbocycles. The number of aromatic nitrogens is 5. The predicted molar refractivity (Wildman–Crippen MR) is 108 cm³/mol. The Morgan fingerprint density at radius 1 is 1.11 bits per heavy atom. The minimum absolute atomic E-state index is 0.120. The van der Waals surface area contributed by atoms with Crippen molar-refractivity contribution in [1.29, 1.82) is 0 Å². The molecule has 0 aliphatic carbocycles. The van der Waals surface area contributed by atoms with E-state index in [1.807, 2.05) is 44.3 Å². The zero-order valence-corrected chi connectivity index (χ0v) is 15.9. The molecule has 0 unspecified atom stereocenters. The molecule has 0 amide bonds. The average Bonchev–Trinajstić information content (AvgIpc) is 3.10. The number of imidazole rings is 1. The summed E-state index contributed by atoms with van der Waals surface area (Å²) in [5.41, 5.74) is 4.26. The lowest BCUT2D eigenvalue weighted by molar-refractivity contribution is 0.589. The first-order valence-electron chi connectivity index (χ1n) is 9.41. The van der Waals surface area contributed by atoms with E-state index in [1.54, 1.807) is 10.8 Å². The van der Waals surface area contributed by atoms with E-state index in [9.17, 15) is 4.79 Å². The molecule has 4 heterocycles. The summed E-state index contributed by atoms with van der Waals surface area (Å²) in [6, 6.07) is 7.77. The predicted octanol–water partition coefficient (Wildman–Crippen LogP) is 1.45. The third-order valence-electron chi connectivity index (χ3n) is 5.19. The monoisotopic (exact) mass is 375 g/mol. The van der Waals surface area contributed by atoms with Crippen molar-refractivity contribution in [2.24, 2.45) is 0 Å². The highest BCUT2D eigenvalue weighted by atomic mass is 16.1. The fraction of sp³-hybridized carbons (Fsp3) is 0.300. The van der Waals surface area contributed by atoms with Gasteiger partial charge in [0, 0.05) is 31.9 Å². The Bertz CT molecular complexity index is 1250. The molecule has 0 spiro atoms. The second-order valence-corrected chi connectivity index (χ2v) is 7.19. The van der Waals surface area contributed by atoms with Gasteiger partial charge in [-0.15, -0.1) is 5.10 Å².